The van der Waals surface area contributed by atoms with Crippen molar-refractivity contribution in [2.24, 2.45) is 0 Å². The van der Waals surface area contributed by atoms with Gasteiger partial charge in [-0.3, -0.25) is 4.57 Å². The van der Waals surface area contributed by atoms with Crippen molar-refractivity contribution < 1.29 is 17.5 Å². The molecule has 0 aliphatic carbocycles. The zero-order valence-corrected chi connectivity index (χ0v) is 18.9. The van der Waals surface area contributed by atoms with Gasteiger partial charge in [0.25, 0.3) is 0 Å². The smallest absolute Gasteiger partial charge is 0.322 e. The van der Waals surface area contributed by atoms with Crippen molar-refractivity contribution in [3.63, 3.8) is 0 Å². The van der Waals surface area contributed by atoms with Crippen LogP contribution in [0.25, 0.3) is 10.8 Å². The summed E-state index contributed by atoms with van der Waals surface area (Å²) in [4.78, 5) is 0.115. The van der Waals surface area contributed by atoms with Crippen LogP contribution in [-0.4, -0.2) is 23.2 Å². The van der Waals surface area contributed by atoms with Gasteiger partial charge >= 0.3 is 6.01 Å². The zero-order valence-electron chi connectivity index (χ0n) is 17.3. The largest absolute Gasteiger partial charge is 0.424 e. The molecule has 10 heteroatoms. The summed E-state index contributed by atoms with van der Waals surface area (Å²) in [5.74, 6) is 0.397. The molecule has 4 aromatic rings. The van der Waals surface area contributed by atoms with Crippen LogP contribution in [0.4, 0.5) is 4.39 Å². The number of nitrogens with one attached hydrogen (secondary N) is 1. The molecule has 32 heavy (non-hydrogen) atoms. The summed E-state index contributed by atoms with van der Waals surface area (Å²) in [6.45, 7) is 3.98. The van der Waals surface area contributed by atoms with E-state index in [1.54, 1.807) is 41.8 Å². The number of sulfonamides is 1. The number of nitrogens with zero attached hydrogens (tertiary/aromatic N) is 3. The summed E-state index contributed by atoms with van der Waals surface area (Å²) in [5, 5.41) is 10.2. The number of aromatic nitrogens is 3. The summed E-state index contributed by atoms with van der Waals surface area (Å²) < 4.78 is 49.1. The van der Waals surface area contributed by atoms with E-state index < -0.39 is 16.1 Å². The van der Waals surface area contributed by atoms with Gasteiger partial charge in [-0.05, 0) is 61.7 Å². The normalized spacial score (nSPS) is 12.8. The number of halogens is 2. The maximum absolute atomic E-state index is 13.1. The monoisotopic (exact) mass is 474 g/mol. The standard InChI is InChI=1S/C22H20ClFN4O3S/c1-3-28-21(25-26-22(28)31-17-9-7-16(24)8-10-17)14(2)27-32(29,30)18-11-12-19-15(13-18)5-4-6-20(19)23/h4-14,27H,3H2,1-2H3/t14-/m1/s1. The van der Waals surface area contributed by atoms with Crippen LogP contribution in [0.3, 0.4) is 0 Å². The van der Waals surface area contributed by atoms with E-state index in [0.29, 0.717) is 23.1 Å². The van der Waals surface area contributed by atoms with Gasteiger partial charge in [-0.25, -0.2) is 17.5 Å². The molecule has 0 radical (unpaired) electrons. The third-order valence-corrected chi connectivity index (χ3v) is 6.78. The molecule has 0 saturated heterocycles. The summed E-state index contributed by atoms with van der Waals surface area (Å²) in [5.41, 5.74) is 0. The number of benzene rings is 3. The molecule has 0 aliphatic heterocycles. The fraction of sp³-hybridized carbons (Fsp3) is 0.182. The van der Waals surface area contributed by atoms with Gasteiger partial charge in [-0.1, -0.05) is 34.9 Å². The Balaban J connectivity index is 1.58. The highest BCUT2D eigenvalue weighted by atomic mass is 35.5. The first-order valence-corrected chi connectivity index (χ1v) is 11.7. The maximum Gasteiger partial charge on any atom is 0.322 e. The molecule has 0 bridgehead atoms. The van der Waals surface area contributed by atoms with Gasteiger partial charge in [-0.15, -0.1) is 5.10 Å². The minimum atomic E-state index is -3.85. The Hall–Kier alpha value is -3.01. The number of hydrogen-bond acceptors (Lipinski definition) is 5. The lowest BCUT2D eigenvalue weighted by Gasteiger charge is -2.16. The third kappa shape index (κ3) is 4.45. The molecule has 3 aromatic carbocycles. The second-order valence-corrected chi connectivity index (χ2v) is 9.23. The first-order chi connectivity index (χ1) is 15.3. The van der Waals surface area contributed by atoms with Crippen LogP contribution >= 0.6 is 11.6 Å². The van der Waals surface area contributed by atoms with E-state index in [2.05, 4.69) is 14.9 Å². The van der Waals surface area contributed by atoms with Crippen molar-refractivity contribution >= 4 is 32.4 Å². The highest BCUT2D eigenvalue weighted by Gasteiger charge is 2.24. The molecule has 0 unspecified atom stereocenters. The van der Waals surface area contributed by atoms with Crippen molar-refractivity contribution in [1.82, 2.24) is 19.5 Å². The topological polar surface area (TPSA) is 86.1 Å². The Morgan fingerprint density at radius 3 is 2.59 bits per heavy atom. The number of rotatable bonds is 7. The van der Waals surface area contributed by atoms with Crippen LogP contribution in [0, 0.1) is 5.82 Å². The van der Waals surface area contributed by atoms with E-state index in [-0.39, 0.29) is 16.7 Å². The van der Waals surface area contributed by atoms with Crippen molar-refractivity contribution in [3.05, 3.63) is 77.3 Å². The second-order valence-electron chi connectivity index (χ2n) is 7.11. The summed E-state index contributed by atoms with van der Waals surface area (Å²) in [6, 6.07) is 15.1. The van der Waals surface area contributed by atoms with Crippen molar-refractivity contribution in [2.75, 3.05) is 0 Å². The van der Waals surface area contributed by atoms with Crippen LogP contribution in [0.1, 0.15) is 25.7 Å². The number of fused-ring (bicyclic) bond motifs is 1. The van der Waals surface area contributed by atoms with Crippen LogP contribution in [0.5, 0.6) is 11.8 Å². The Bertz CT molecular complexity index is 1370. The second kappa shape index (κ2) is 8.85. The van der Waals surface area contributed by atoms with E-state index in [0.717, 1.165) is 10.8 Å². The lowest BCUT2D eigenvalue weighted by molar-refractivity contribution is 0.407. The fourth-order valence-electron chi connectivity index (χ4n) is 3.34. The molecule has 7 nitrogen and oxygen atoms in total. The molecule has 0 saturated carbocycles. The van der Waals surface area contributed by atoms with Crippen molar-refractivity contribution in [1.29, 1.82) is 0 Å². The summed E-state index contributed by atoms with van der Waals surface area (Å²) in [7, 11) is -3.85. The molecule has 4 rings (SSSR count). The molecule has 0 aliphatic rings. The van der Waals surface area contributed by atoms with Crippen molar-refractivity contribution in [3.8, 4) is 11.8 Å². The third-order valence-electron chi connectivity index (χ3n) is 4.91. The van der Waals surface area contributed by atoms with E-state index in [1.807, 2.05) is 6.92 Å². The van der Waals surface area contributed by atoms with Crippen LogP contribution in [0.2, 0.25) is 5.02 Å². The molecule has 0 fully saturated rings. The predicted octanol–water partition coefficient (Wildman–Crippen LogP) is 5.08. The average Bonchev–Trinajstić information content (AvgIpc) is 3.17. The van der Waals surface area contributed by atoms with Gasteiger partial charge in [0, 0.05) is 17.0 Å². The molecule has 166 valence electrons. The van der Waals surface area contributed by atoms with Crippen LogP contribution < -0.4 is 9.46 Å². The van der Waals surface area contributed by atoms with Gasteiger partial charge in [0.15, 0.2) is 5.82 Å². The summed E-state index contributed by atoms with van der Waals surface area (Å²) >= 11 is 6.18. The number of hydrogen-bond donors (Lipinski definition) is 1. The van der Waals surface area contributed by atoms with Gasteiger partial charge in [0.05, 0.1) is 10.9 Å². The minimum Gasteiger partial charge on any atom is -0.424 e. The van der Waals surface area contributed by atoms with Crippen LogP contribution in [0.15, 0.2) is 65.6 Å². The molecule has 0 spiro atoms. The Kier molecular flexibility index (Phi) is 6.14. The average molecular weight is 475 g/mol. The predicted molar refractivity (Wildman–Crippen MR) is 120 cm³/mol. The molecule has 1 heterocycles. The lowest BCUT2D eigenvalue weighted by atomic mass is 10.1. The molecular weight excluding hydrogens is 455 g/mol. The van der Waals surface area contributed by atoms with Gasteiger partial charge in [0.1, 0.15) is 11.6 Å². The first-order valence-electron chi connectivity index (χ1n) is 9.85. The Morgan fingerprint density at radius 2 is 1.88 bits per heavy atom. The van der Waals surface area contributed by atoms with Crippen molar-refractivity contribution in [2.45, 2.75) is 31.3 Å². The van der Waals surface area contributed by atoms with E-state index in [4.69, 9.17) is 16.3 Å². The van der Waals surface area contributed by atoms with Gasteiger partial charge in [-0.2, -0.15) is 0 Å². The molecule has 0 amide bonds. The molecule has 1 atom stereocenters. The van der Waals surface area contributed by atoms with Gasteiger partial charge < -0.3 is 4.74 Å². The Labute approximate surface area is 189 Å². The fourth-order valence-corrected chi connectivity index (χ4v) is 4.83. The highest BCUT2D eigenvalue weighted by Crippen LogP contribution is 2.27. The van der Waals surface area contributed by atoms with E-state index in [9.17, 15) is 12.8 Å². The summed E-state index contributed by atoms with van der Waals surface area (Å²) in [6.07, 6.45) is 0. The number of ether oxygens (including phenoxy) is 1. The quantitative estimate of drug-likeness (QED) is 0.404. The van der Waals surface area contributed by atoms with Crippen LogP contribution in [-0.2, 0) is 16.6 Å². The lowest BCUT2D eigenvalue weighted by Crippen LogP contribution is -2.29. The van der Waals surface area contributed by atoms with Gasteiger partial charge in [0.2, 0.25) is 10.0 Å². The molecular formula is C22H20ClFN4O3S. The maximum atomic E-state index is 13.1. The minimum absolute atomic E-state index is 0.115. The Morgan fingerprint density at radius 1 is 1.12 bits per heavy atom. The van der Waals surface area contributed by atoms with E-state index in [1.165, 1.54) is 30.3 Å². The SMILES string of the molecule is CCn1c(Oc2ccc(F)cc2)nnc1[C@@H](C)NS(=O)(=O)c1ccc2c(Cl)cccc2c1. The molecule has 1 aromatic heterocycles. The first kappa shape index (κ1) is 22.2. The van der Waals surface area contributed by atoms with E-state index >= 15 is 0 Å². The zero-order chi connectivity index (χ0) is 22.9. The molecule has 1 N–H and O–H groups in total. The highest BCUT2D eigenvalue weighted by molar-refractivity contribution is 7.89.